The molecule has 2 amide bonds. The van der Waals surface area contributed by atoms with Crippen LogP contribution in [0.4, 0.5) is 4.39 Å². The van der Waals surface area contributed by atoms with Crippen molar-refractivity contribution in [1.29, 1.82) is 0 Å². The number of halogens is 1. The first kappa shape index (κ1) is 22.5. The Morgan fingerprint density at radius 3 is 2.31 bits per heavy atom. The van der Waals surface area contributed by atoms with E-state index in [-0.39, 0.29) is 17.6 Å². The maximum atomic E-state index is 12.8. The molecular weight excluding hydrogens is 351 g/mol. The van der Waals surface area contributed by atoms with E-state index in [4.69, 9.17) is 0 Å². The van der Waals surface area contributed by atoms with Gasteiger partial charge in [0.05, 0.1) is 0 Å². The highest BCUT2D eigenvalue weighted by Crippen LogP contribution is 2.18. The third kappa shape index (κ3) is 9.80. The topological polar surface area (TPSA) is 49.4 Å². The van der Waals surface area contributed by atoms with Crippen LogP contribution in [0.2, 0.25) is 0 Å². The van der Waals surface area contributed by atoms with Crippen LogP contribution in [0.1, 0.15) is 52.4 Å². The molecule has 0 aliphatic rings. The molecule has 0 heterocycles. The summed E-state index contributed by atoms with van der Waals surface area (Å²) in [5, 5.41) is 2.89. The predicted octanol–water partition coefficient (Wildman–Crippen LogP) is 4.24. The molecule has 1 N–H and O–H groups in total. The van der Waals surface area contributed by atoms with Gasteiger partial charge in [-0.05, 0) is 55.7 Å². The monoisotopic (exact) mass is 382 g/mol. The van der Waals surface area contributed by atoms with E-state index < -0.39 is 0 Å². The lowest BCUT2D eigenvalue weighted by Crippen LogP contribution is -2.32. The highest BCUT2D eigenvalue weighted by atomic mass is 32.2. The minimum Gasteiger partial charge on any atom is -0.356 e. The Bertz CT molecular complexity index is 531. The Labute approximate surface area is 160 Å². The smallest absolute Gasteiger partial charge is 0.222 e. The molecule has 1 aromatic carbocycles. The summed E-state index contributed by atoms with van der Waals surface area (Å²) in [4.78, 5) is 26.9. The quantitative estimate of drug-likeness (QED) is 0.410. The summed E-state index contributed by atoms with van der Waals surface area (Å²) in [5.41, 5.74) is 0. The molecule has 0 bridgehead atoms. The summed E-state index contributed by atoms with van der Waals surface area (Å²) in [6, 6.07) is 6.42. The molecule has 4 nitrogen and oxygen atoms in total. The highest BCUT2D eigenvalue weighted by Gasteiger charge is 2.12. The van der Waals surface area contributed by atoms with Crippen molar-refractivity contribution in [2.24, 2.45) is 0 Å². The maximum Gasteiger partial charge on any atom is 0.222 e. The van der Waals surface area contributed by atoms with Gasteiger partial charge in [-0.1, -0.05) is 13.8 Å². The van der Waals surface area contributed by atoms with Crippen LogP contribution in [-0.4, -0.2) is 42.1 Å². The molecule has 0 fully saturated rings. The van der Waals surface area contributed by atoms with E-state index in [1.807, 2.05) is 4.90 Å². The summed E-state index contributed by atoms with van der Waals surface area (Å²) in [6.45, 7) is 6.35. The molecule has 0 aromatic heterocycles. The standard InChI is InChI=1S/C20H31FN2O2S/c1-3-14-23(15-4-2)20(25)8-5-7-19(24)22-13-6-16-26-18-11-9-17(21)10-12-18/h9-12H,3-8,13-16H2,1-2H3,(H,22,24). The number of hydrogen-bond acceptors (Lipinski definition) is 3. The molecule has 0 aliphatic carbocycles. The van der Waals surface area contributed by atoms with E-state index >= 15 is 0 Å². The van der Waals surface area contributed by atoms with Gasteiger partial charge in [0.1, 0.15) is 5.82 Å². The second-order valence-corrected chi connectivity index (χ2v) is 7.41. The molecule has 0 saturated heterocycles. The van der Waals surface area contributed by atoms with Crippen LogP contribution in [0.25, 0.3) is 0 Å². The Kier molecular flexibility index (Phi) is 11.8. The largest absolute Gasteiger partial charge is 0.356 e. The number of nitrogens with one attached hydrogen (secondary N) is 1. The first-order valence-electron chi connectivity index (χ1n) is 9.49. The SMILES string of the molecule is CCCN(CCC)C(=O)CCCC(=O)NCCCSc1ccc(F)cc1. The number of carbonyl (C=O) groups is 2. The second-order valence-electron chi connectivity index (χ2n) is 6.24. The molecule has 146 valence electrons. The molecule has 0 unspecified atom stereocenters. The van der Waals surface area contributed by atoms with Gasteiger partial charge in [0.15, 0.2) is 0 Å². The minimum atomic E-state index is -0.229. The van der Waals surface area contributed by atoms with Gasteiger partial charge >= 0.3 is 0 Å². The zero-order valence-corrected chi connectivity index (χ0v) is 16.7. The van der Waals surface area contributed by atoms with Crippen molar-refractivity contribution in [3.05, 3.63) is 30.1 Å². The second kappa shape index (κ2) is 13.6. The van der Waals surface area contributed by atoms with Crippen molar-refractivity contribution in [3.8, 4) is 0 Å². The first-order chi connectivity index (χ1) is 12.6. The summed E-state index contributed by atoms with van der Waals surface area (Å²) in [6.07, 6.45) is 4.20. The van der Waals surface area contributed by atoms with E-state index in [0.717, 1.165) is 43.0 Å². The molecule has 0 spiro atoms. The number of nitrogens with zero attached hydrogens (tertiary/aromatic N) is 1. The summed E-state index contributed by atoms with van der Waals surface area (Å²) in [5.74, 6) is 0.792. The molecule has 0 aliphatic heterocycles. The van der Waals surface area contributed by atoms with Crippen molar-refractivity contribution in [2.45, 2.75) is 57.3 Å². The van der Waals surface area contributed by atoms with Crippen LogP contribution in [0.5, 0.6) is 0 Å². The fraction of sp³-hybridized carbons (Fsp3) is 0.600. The van der Waals surface area contributed by atoms with E-state index in [0.29, 0.717) is 25.8 Å². The average molecular weight is 383 g/mol. The fourth-order valence-corrected chi connectivity index (χ4v) is 3.42. The van der Waals surface area contributed by atoms with Gasteiger partial charge in [-0.2, -0.15) is 0 Å². The number of amides is 2. The maximum absolute atomic E-state index is 12.8. The number of rotatable bonds is 13. The van der Waals surface area contributed by atoms with E-state index in [1.165, 1.54) is 12.1 Å². The van der Waals surface area contributed by atoms with Gasteiger partial charge in [0.25, 0.3) is 0 Å². The van der Waals surface area contributed by atoms with Crippen molar-refractivity contribution in [2.75, 3.05) is 25.4 Å². The van der Waals surface area contributed by atoms with Crippen molar-refractivity contribution >= 4 is 23.6 Å². The van der Waals surface area contributed by atoms with Gasteiger partial charge in [-0.3, -0.25) is 9.59 Å². The Hall–Kier alpha value is -1.56. The highest BCUT2D eigenvalue weighted by molar-refractivity contribution is 7.99. The van der Waals surface area contributed by atoms with Crippen molar-refractivity contribution in [1.82, 2.24) is 10.2 Å². The van der Waals surface area contributed by atoms with Crippen molar-refractivity contribution in [3.63, 3.8) is 0 Å². The number of carbonyl (C=O) groups excluding carboxylic acids is 2. The molecule has 0 radical (unpaired) electrons. The van der Waals surface area contributed by atoms with Crippen LogP contribution in [0, 0.1) is 5.82 Å². The van der Waals surface area contributed by atoms with Crippen LogP contribution >= 0.6 is 11.8 Å². The van der Waals surface area contributed by atoms with E-state index in [9.17, 15) is 14.0 Å². The number of thioether (sulfide) groups is 1. The number of benzene rings is 1. The van der Waals surface area contributed by atoms with Gasteiger partial charge in [0, 0.05) is 37.4 Å². The first-order valence-corrected chi connectivity index (χ1v) is 10.5. The van der Waals surface area contributed by atoms with Crippen LogP contribution in [-0.2, 0) is 9.59 Å². The third-order valence-electron chi connectivity index (χ3n) is 3.86. The van der Waals surface area contributed by atoms with Crippen molar-refractivity contribution < 1.29 is 14.0 Å². The Morgan fingerprint density at radius 1 is 1.04 bits per heavy atom. The van der Waals surface area contributed by atoms with E-state index in [2.05, 4.69) is 19.2 Å². The summed E-state index contributed by atoms with van der Waals surface area (Å²) < 4.78 is 12.8. The van der Waals surface area contributed by atoms with Crippen LogP contribution < -0.4 is 5.32 Å². The fourth-order valence-electron chi connectivity index (χ4n) is 2.57. The van der Waals surface area contributed by atoms with Gasteiger partial charge in [-0.15, -0.1) is 11.8 Å². The van der Waals surface area contributed by atoms with Gasteiger partial charge in [0.2, 0.25) is 11.8 Å². The molecule has 6 heteroatoms. The summed E-state index contributed by atoms with van der Waals surface area (Å²) >= 11 is 1.65. The zero-order chi connectivity index (χ0) is 19.2. The minimum absolute atomic E-state index is 0.00196. The average Bonchev–Trinajstić information content (AvgIpc) is 2.62. The summed E-state index contributed by atoms with van der Waals surface area (Å²) in [7, 11) is 0. The van der Waals surface area contributed by atoms with Crippen LogP contribution in [0.3, 0.4) is 0 Å². The Balaban J connectivity index is 2.09. The molecule has 0 atom stereocenters. The molecule has 1 rings (SSSR count). The normalized spacial score (nSPS) is 10.6. The molecular formula is C20H31FN2O2S. The van der Waals surface area contributed by atoms with E-state index in [1.54, 1.807) is 23.9 Å². The third-order valence-corrected chi connectivity index (χ3v) is 4.96. The van der Waals surface area contributed by atoms with Crippen LogP contribution in [0.15, 0.2) is 29.2 Å². The lowest BCUT2D eigenvalue weighted by Gasteiger charge is -2.21. The molecule has 1 aromatic rings. The molecule has 26 heavy (non-hydrogen) atoms. The number of hydrogen-bond donors (Lipinski definition) is 1. The molecule has 0 saturated carbocycles. The van der Waals surface area contributed by atoms with Gasteiger partial charge in [-0.25, -0.2) is 4.39 Å². The lowest BCUT2D eigenvalue weighted by molar-refractivity contribution is -0.131. The zero-order valence-electron chi connectivity index (χ0n) is 15.9. The lowest BCUT2D eigenvalue weighted by atomic mass is 10.2. The Morgan fingerprint density at radius 2 is 1.69 bits per heavy atom. The predicted molar refractivity (Wildman–Crippen MR) is 106 cm³/mol. The van der Waals surface area contributed by atoms with Gasteiger partial charge < -0.3 is 10.2 Å².